The number of thiophene rings is 1. The molecule has 1 N–H and O–H groups in total. The monoisotopic (exact) mass is 441 g/mol. The zero-order valence-electron chi connectivity index (χ0n) is 15.7. The topological polar surface area (TPSA) is 72.7 Å². The molecule has 1 amide bonds. The summed E-state index contributed by atoms with van der Waals surface area (Å²) in [4.78, 5) is 18.2. The van der Waals surface area contributed by atoms with Crippen molar-refractivity contribution in [2.24, 2.45) is 0 Å². The van der Waals surface area contributed by atoms with Gasteiger partial charge < -0.3 is 9.88 Å². The summed E-state index contributed by atoms with van der Waals surface area (Å²) in [6, 6.07) is 11.9. The van der Waals surface area contributed by atoms with E-state index in [0.717, 1.165) is 40.1 Å². The van der Waals surface area contributed by atoms with E-state index < -0.39 is 0 Å². The van der Waals surface area contributed by atoms with Gasteiger partial charge in [0.25, 0.3) is 0 Å². The lowest BCUT2D eigenvalue weighted by atomic mass is 10.1. The summed E-state index contributed by atoms with van der Waals surface area (Å²) in [6.07, 6.45) is 2.64. The van der Waals surface area contributed by atoms with Crippen LogP contribution in [0.2, 0.25) is 0 Å². The highest BCUT2D eigenvalue weighted by Gasteiger charge is 2.10. The zero-order chi connectivity index (χ0) is 20.1. The van der Waals surface area contributed by atoms with Crippen LogP contribution < -0.4 is 5.32 Å². The van der Waals surface area contributed by atoms with Crippen molar-refractivity contribution in [2.45, 2.75) is 25.0 Å². The maximum Gasteiger partial charge on any atom is 0.234 e. The molecule has 9 heteroatoms. The van der Waals surface area contributed by atoms with Gasteiger partial charge in [-0.3, -0.25) is 4.79 Å². The van der Waals surface area contributed by atoms with Crippen LogP contribution in [0.3, 0.4) is 0 Å². The van der Waals surface area contributed by atoms with Gasteiger partial charge in [0.1, 0.15) is 6.33 Å². The van der Waals surface area contributed by atoms with Crippen molar-refractivity contribution in [3.63, 3.8) is 0 Å². The third-order valence-corrected chi connectivity index (χ3v) is 6.84. The van der Waals surface area contributed by atoms with Gasteiger partial charge in [0.2, 0.25) is 5.91 Å². The molecule has 1 aromatic carbocycles. The molecule has 0 bridgehead atoms. The Labute approximate surface area is 181 Å². The number of hydrogen-bond donors (Lipinski definition) is 1. The lowest BCUT2D eigenvalue weighted by Crippen LogP contribution is -2.14. The number of rotatable bonds is 8. The molecule has 0 aliphatic carbocycles. The van der Waals surface area contributed by atoms with E-state index in [1.807, 2.05) is 41.1 Å². The van der Waals surface area contributed by atoms with Crippen LogP contribution >= 0.6 is 34.4 Å². The highest BCUT2D eigenvalue weighted by Crippen LogP contribution is 2.24. The summed E-state index contributed by atoms with van der Waals surface area (Å²) in [5, 5.41) is 17.0. The van der Waals surface area contributed by atoms with Crippen molar-refractivity contribution in [2.75, 3.05) is 11.1 Å². The summed E-state index contributed by atoms with van der Waals surface area (Å²) in [5.74, 6) is 0.201. The number of aromatic nitrogens is 4. The van der Waals surface area contributed by atoms with Crippen LogP contribution in [0.4, 0.5) is 5.69 Å². The molecule has 4 rings (SSSR count). The average molecular weight is 442 g/mol. The number of amides is 1. The van der Waals surface area contributed by atoms with Gasteiger partial charge in [-0.05, 0) is 36.9 Å². The summed E-state index contributed by atoms with van der Waals surface area (Å²) >= 11 is 4.75. The molecule has 0 radical (unpaired) electrons. The van der Waals surface area contributed by atoms with Crippen LogP contribution in [0.25, 0.3) is 11.3 Å². The molecule has 0 unspecified atom stereocenters. The largest absolute Gasteiger partial charge is 0.325 e. The van der Waals surface area contributed by atoms with Crippen LogP contribution in [0, 0.1) is 6.92 Å². The van der Waals surface area contributed by atoms with Crippen LogP contribution in [0.15, 0.2) is 58.6 Å². The minimum atomic E-state index is -0.0746. The summed E-state index contributed by atoms with van der Waals surface area (Å²) in [5.41, 5.74) is 2.68. The van der Waals surface area contributed by atoms with Gasteiger partial charge in [0, 0.05) is 28.1 Å². The second-order valence-corrected chi connectivity index (χ2v) is 9.34. The number of thiazole rings is 1. The number of anilines is 1. The fraction of sp³-hybridized carbons (Fsp3) is 0.200. The minimum absolute atomic E-state index is 0.0746. The van der Waals surface area contributed by atoms with Crippen molar-refractivity contribution in [3.05, 3.63) is 63.4 Å². The van der Waals surface area contributed by atoms with Crippen molar-refractivity contribution in [1.29, 1.82) is 0 Å². The Bertz CT molecular complexity index is 1090. The molecule has 0 spiro atoms. The molecule has 148 valence electrons. The third-order valence-electron chi connectivity index (χ3n) is 4.15. The third kappa shape index (κ3) is 5.31. The first-order valence-corrected chi connectivity index (χ1v) is 11.8. The fourth-order valence-electron chi connectivity index (χ4n) is 2.77. The molecule has 3 heterocycles. The highest BCUT2D eigenvalue weighted by molar-refractivity contribution is 7.99. The number of benzene rings is 1. The normalized spacial score (nSPS) is 10.9. The highest BCUT2D eigenvalue weighted by atomic mass is 32.2. The van der Waals surface area contributed by atoms with Crippen molar-refractivity contribution in [1.82, 2.24) is 19.7 Å². The molecule has 0 fully saturated rings. The molecule has 3 aromatic heterocycles. The van der Waals surface area contributed by atoms with Crippen molar-refractivity contribution in [3.8, 4) is 11.3 Å². The van der Waals surface area contributed by atoms with E-state index in [9.17, 15) is 4.79 Å². The smallest absolute Gasteiger partial charge is 0.234 e. The Kier molecular flexibility index (Phi) is 6.38. The number of nitrogens with zero attached hydrogens (tertiary/aromatic N) is 4. The number of thioether (sulfide) groups is 1. The fourth-order valence-corrected chi connectivity index (χ4v) is 4.84. The lowest BCUT2D eigenvalue weighted by Gasteiger charge is -2.07. The first-order chi connectivity index (χ1) is 14.2. The SMILES string of the molecule is Cc1nc(-c2cccc(NC(=O)CSc3nncn3CCc3cccs3)c2)cs1. The number of hydrogen-bond acceptors (Lipinski definition) is 7. The standard InChI is InChI=1S/C20H19N5OS3/c1-14-22-18(11-28-14)15-4-2-5-16(10-15)23-19(26)12-29-20-24-21-13-25(20)8-7-17-6-3-9-27-17/h2-6,9-11,13H,7-8,12H2,1H3,(H,23,26). The number of carbonyl (C=O) groups is 1. The van der Waals surface area contributed by atoms with Crippen LogP contribution in [-0.2, 0) is 17.8 Å². The molecule has 0 aliphatic heterocycles. The molecule has 0 saturated carbocycles. The van der Waals surface area contributed by atoms with Gasteiger partial charge >= 0.3 is 0 Å². The lowest BCUT2D eigenvalue weighted by molar-refractivity contribution is -0.113. The van der Waals surface area contributed by atoms with Gasteiger partial charge in [-0.15, -0.1) is 32.9 Å². The second kappa shape index (κ2) is 9.34. The van der Waals surface area contributed by atoms with Crippen LogP contribution in [0.5, 0.6) is 0 Å². The van der Waals surface area contributed by atoms with Crippen molar-refractivity contribution < 1.29 is 4.79 Å². The Morgan fingerprint density at radius 3 is 2.97 bits per heavy atom. The van der Waals surface area contributed by atoms with Crippen LogP contribution in [-0.4, -0.2) is 31.4 Å². The quantitative estimate of drug-likeness (QED) is 0.400. The van der Waals surface area contributed by atoms with Crippen LogP contribution in [0.1, 0.15) is 9.88 Å². The molecule has 0 saturated heterocycles. The Balaban J connectivity index is 1.32. The van der Waals surface area contributed by atoms with E-state index in [2.05, 4.69) is 38.0 Å². The molecular weight excluding hydrogens is 422 g/mol. The number of aryl methyl sites for hydroxylation is 3. The van der Waals surface area contributed by atoms with E-state index in [-0.39, 0.29) is 11.7 Å². The minimum Gasteiger partial charge on any atom is -0.325 e. The second-order valence-electron chi connectivity index (χ2n) is 6.31. The molecule has 29 heavy (non-hydrogen) atoms. The summed E-state index contributed by atoms with van der Waals surface area (Å²) in [6.45, 7) is 2.78. The number of nitrogens with one attached hydrogen (secondary N) is 1. The Morgan fingerprint density at radius 2 is 2.17 bits per heavy atom. The first kappa shape index (κ1) is 19.8. The Morgan fingerprint density at radius 1 is 1.24 bits per heavy atom. The van der Waals surface area contributed by atoms with Gasteiger partial charge in [0.15, 0.2) is 5.16 Å². The van der Waals surface area contributed by atoms with Gasteiger partial charge in [-0.2, -0.15) is 0 Å². The molecule has 0 atom stereocenters. The predicted octanol–water partition coefficient (Wildman–Crippen LogP) is 4.75. The van der Waals surface area contributed by atoms with E-state index in [1.165, 1.54) is 16.6 Å². The Hall–Kier alpha value is -2.49. The van der Waals surface area contributed by atoms with Gasteiger partial charge in [-0.25, -0.2) is 4.98 Å². The van der Waals surface area contributed by atoms with E-state index in [0.29, 0.717) is 0 Å². The molecule has 6 nitrogen and oxygen atoms in total. The van der Waals surface area contributed by atoms with E-state index in [1.54, 1.807) is 29.0 Å². The first-order valence-electron chi connectivity index (χ1n) is 9.03. The van der Waals surface area contributed by atoms with Gasteiger partial charge in [-0.1, -0.05) is 30.0 Å². The average Bonchev–Trinajstić information content (AvgIpc) is 3.47. The molecule has 4 aromatic rings. The number of carbonyl (C=O) groups excluding carboxylic acids is 1. The maximum absolute atomic E-state index is 12.4. The predicted molar refractivity (Wildman–Crippen MR) is 120 cm³/mol. The van der Waals surface area contributed by atoms with E-state index in [4.69, 9.17) is 0 Å². The zero-order valence-corrected chi connectivity index (χ0v) is 18.2. The van der Waals surface area contributed by atoms with E-state index >= 15 is 0 Å². The summed E-state index contributed by atoms with van der Waals surface area (Å²) < 4.78 is 1.99. The summed E-state index contributed by atoms with van der Waals surface area (Å²) in [7, 11) is 0. The molecule has 0 aliphatic rings. The molecular formula is C20H19N5OS3. The maximum atomic E-state index is 12.4. The van der Waals surface area contributed by atoms with Crippen molar-refractivity contribution >= 4 is 46.0 Å². The van der Waals surface area contributed by atoms with Gasteiger partial charge in [0.05, 0.1) is 16.5 Å².